The van der Waals surface area contributed by atoms with E-state index in [9.17, 15) is 0 Å². The Morgan fingerprint density at radius 3 is 2.49 bits per heavy atom. The second-order valence-corrected chi connectivity index (χ2v) is 15.6. The zero-order valence-electron chi connectivity index (χ0n) is 30.3. The predicted molar refractivity (Wildman–Crippen MR) is 217 cm³/mol. The number of terminal acetylenes is 1. The molecule has 0 fully saturated rings. The van der Waals surface area contributed by atoms with Crippen molar-refractivity contribution in [2.45, 2.75) is 70.6 Å². The average Bonchev–Trinajstić information content (AvgIpc) is 3.69. The SMILES string of the molecule is C#C/C=C\C=C(/C)n1c2ccccc2c2cc(N(C3=CCC4C(=C3)C(C)(C)c3ccccc34)c3ccc4c(c3)C(C)(C)C3=C4CCC=C3)ccc21. The van der Waals surface area contributed by atoms with E-state index >= 15 is 0 Å². The summed E-state index contributed by atoms with van der Waals surface area (Å²) < 4.78 is 2.35. The van der Waals surface area contributed by atoms with E-state index in [-0.39, 0.29) is 10.8 Å². The molecule has 0 radical (unpaired) electrons. The largest absolute Gasteiger partial charge is 0.313 e. The summed E-state index contributed by atoms with van der Waals surface area (Å²) in [5.74, 6) is 3.03. The van der Waals surface area contributed by atoms with E-state index in [0.717, 1.165) is 25.0 Å². The summed E-state index contributed by atoms with van der Waals surface area (Å²) in [7, 11) is 0. The van der Waals surface area contributed by atoms with Crippen LogP contribution in [0, 0.1) is 12.3 Å². The molecule has 5 aromatic rings. The molecule has 51 heavy (non-hydrogen) atoms. The van der Waals surface area contributed by atoms with Gasteiger partial charge in [0, 0.05) is 50.3 Å². The zero-order valence-corrected chi connectivity index (χ0v) is 30.3. The van der Waals surface area contributed by atoms with Gasteiger partial charge < -0.3 is 9.47 Å². The highest BCUT2D eigenvalue weighted by Gasteiger charge is 2.43. The summed E-state index contributed by atoms with van der Waals surface area (Å²) in [5.41, 5.74) is 17.3. The first-order chi connectivity index (χ1) is 24.7. The van der Waals surface area contributed by atoms with Gasteiger partial charge in [-0.25, -0.2) is 0 Å². The molecule has 4 aliphatic carbocycles. The van der Waals surface area contributed by atoms with Crippen molar-refractivity contribution in [3.8, 4) is 12.3 Å². The first-order valence-electron chi connectivity index (χ1n) is 18.4. The molecule has 4 aliphatic rings. The third-order valence-corrected chi connectivity index (χ3v) is 12.1. The topological polar surface area (TPSA) is 8.17 Å². The molecule has 9 rings (SSSR count). The van der Waals surface area contributed by atoms with E-state index in [1.54, 1.807) is 6.08 Å². The monoisotopic (exact) mass is 660 g/mol. The molecule has 0 amide bonds. The summed E-state index contributed by atoms with van der Waals surface area (Å²) in [6.07, 6.45) is 24.3. The standard InChI is InChI=1S/C49H44N2/c1-7-8-9-16-32(2)50-46-22-15-12-19-40(46)41-29-33(25-28-47(41)50)51(34-23-26-38-36-17-10-13-20-42(36)48(3,4)44(38)30-34)35-24-27-39-37-18-11-14-21-43(37)49(5,6)45(39)31-35/h1,8-10,12-17,19-25,27-31,38H,11,18,26H2,2-6H3/b9-8-,32-16+. The summed E-state index contributed by atoms with van der Waals surface area (Å²) in [6, 6.07) is 32.1. The van der Waals surface area contributed by atoms with Crippen LogP contribution < -0.4 is 4.90 Å². The van der Waals surface area contributed by atoms with Gasteiger partial charge in [-0.1, -0.05) is 112 Å². The van der Waals surface area contributed by atoms with Crippen LogP contribution in [0.15, 0.2) is 144 Å². The molecule has 2 nitrogen and oxygen atoms in total. The van der Waals surface area contributed by atoms with E-state index in [4.69, 9.17) is 6.42 Å². The van der Waals surface area contributed by atoms with Gasteiger partial charge in [0.25, 0.3) is 0 Å². The number of benzene rings is 4. The molecule has 1 atom stereocenters. The van der Waals surface area contributed by atoms with Crippen LogP contribution >= 0.6 is 0 Å². The van der Waals surface area contributed by atoms with Gasteiger partial charge in [0.2, 0.25) is 0 Å². The van der Waals surface area contributed by atoms with Gasteiger partial charge >= 0.3 is 0 Å². The lowest BCUT2D eigenvalue weighted by molar-refractivity contribution is 0.609. The summed E-state index contributed by atoms with van der Waals surface area (Å²) in [5, 5.41) is 2.48. The Morgan fingerprint density at radius 2 is 1.63 bits per heavy atom. The van der Waals surface area contributed by atoms with Gasteiger partial charge in [-0.3, -0.25) is 0 Å². The van der Waals surface area contributed by atoms with Crippen LogP contribution in [0.1, 0.15) is 82.1 Å². The molecule has 250 valence electrons. The van der Waals surface area contributed by atoms with Gasteiger partial charge in [0.15, 0.2) is 0 Å². The Hall–Kier alpha value is -5.52. The normalized spacial score (nSPS) is 19.8. The molecule has 1 aromatic heterocycles. The Kier molecular flexibility index (Phi) is 7.10. The van der Waals surface area contributed by atoms with E-state index in [1.807, 2.05) is 6.08 Å². The molecular weight excluding hydrogens is 617 g/mol. The molecule has 4 aromatic carbocycles. The first kappa shape index (κ1) is 31.5. The number of nitrogens with zero attached hydrogens (tertiary/aromatic N) is 2. The number of aromatic nitrogens is 1. The van der Waals surface area contributed by atoms with Gasteiger partial charge in [0.1, 0.15) is 0 Å². The molecule has 0 saturated heterocycles. The number of hydrogen-bond donors (Lipinski definition) is 0. The molecule has 0 saturated carbocycles. The van der Waals surface area contributed by atoms with Crippen molar-refractivity contribution in [3.05, 3.63) is 167 Å². The number of anilines is 2. The quantitative estimate of drug-likeness (QED) is 0.135. The van der Waals surface area contributed by atoms with Crippen LogP contribution in [0.25, 0.3) is 33.1 Å². The molecular formula is C49H44N2. The van der Waals surface area contributed by atoms with Crippen LogP contribution in [0.5, 0.6) is 0 Å². The Morgan fingerprint density at radius 1 is 0.863 bits per heavy atom. The lowest BCUT2D eigenvalue weighted by Gasteiger charge is -2.33. The van der Waals surface area contributed by atoms with Crippen molar-refractivity contribution in [3.63, 3.8) is 0 Å². The van der Waals surface area contributed by atoms with Crippen LogP contribution in [-0.2, 0) is 10.8 Å². The smallest absolute Gasteiger partial charge is 0.0539 e. The van der Waals surface area contributed by atoms with E-state index < -0.39 is 0 Å². The van der Waals surface area contributed by atoms with E-state index in [1.165, 1.54) is 77.9 Å². The third kappa shape index (κ3) is 4.64. The average molecular weight is 661 g/mol. The van der Waals surface area contributed by atoms with Crippen molar-refractivity contribution in [2.24, 2.45) is 0 Å². The molecule has 0 bridgehead atoms. The molecule has 0 aliphatic heterocycles. The Balaban J connectivity index is 1.24. The number of allylic oxidation sites excluding steroid dienone is 11. The fraction of sp³-hybridized carbons (Fsp3) is 0.224. The van der Waals surface area contributed by atoms with Crippen LogP contribution in [0.3, 0.4) is 0 Å². The van der Waals surface area contributed by atoms with Crippen molar-refractivity contribution in [2.75, 3.05) is 4.90 Å². The van der Waals surface area contributed by atoms with Crippen molar-refractivity contribution in [1.82, 2.24) is 4.57 Å². The number of hydrogen-bond acceptors (Lipinski definition) is 1. The lowest BCUT2D eigenvalue weighted by atomic mass is 9.78. The van der Waals surface area contributed by atoms with Gasteiger partial charge in [-0.2, -0.15) is 0 Å². The highest BCUT2D eigenvalue weighted by Crippen LogP contribution is 2.55. The van der Waals surface area contributed by atoms with E-state index in [2.05, 4.69) is 165 Å². The van der Waals surface area contributed by atoms with Crippen molar-refractivity contribution < 1.29 is 0 Å². The minimum absolute atomic E-state index is 0.0310. The van der Waals surface area contributed by atoms with Gasteiger partial charge in [0.05, 0.1) is 11.0 Å². The van der Waals surface area contributed by atoms with Crippen molar-refractivity contribution >= 4 is 44.5 Å². The van der Waals surface area contributed by atoms with Gasteiger partial charge in [-0.05, 0) is 114 Å². The van der Waals surface area contributed by atoms with Crippen LogP contribution in [0.4, 0.5) is 11.4 Å². The summed E-state index contributed by atoms with van der Waals surface area (Å²) in [6.45, 7) is 11.8. The molecule has 1 heterocycles. The molecule has 0 spiro atoms. The van der Waals surface area contributed by atoms with Crippen LogP contribution in [0.2, 0.25) is 0 Å². The third-order valence-electron chi connectivity index (χ3n) is 12.1. The minimum atomic E-state index is -0.0437. The maximum Gasteiger partial charge on any atom is 0.0539 e. The Labute approximate surface area is 302 Å². The minimum Gasteiger partial charge on any atom is -0.313 e. The number of fused-ring (bicyclic) bond motifs is 8. The predicted octanol–water partition coefficient (Wildman–Crippen LogP) is 12.7. The molecule has 2 heteroatoms. The fourth-order valence-corrected chi connectivity index (χ4v) is 9.65. The first-order valence-corrected chi connectivity index (χ1v) is 18.4. The maximum atomic E-state index is 5.52. The molecule has 0 N–H and O–H groups in total. The number of rotatable bonds is 5. The zero-order chi connectivity index (χ0) is 35.1. The highest BCUT2D eigenvalue weighted by molar-refractivity contribution is 6.11. The van der Waals surface area contributed by atoms with Crippen LogP contribution in [-0.4, -0.2) is 4.57 Å². The van der Waals surface area contributed by atoms with Gasteiger partial charge in [-0.15, -0.1) is 6.42 Å². The second-order valence-electron chi connectivity index (χ2n) is 15.6. The molecule has 1 unspecified atom stereocenters. The van der Waals surface area contributed by atoms with E-state index in [0.29, 0.717) is 5.92 Å². The lowest BCUT2D eigenvalue weighted by Crippen LogP contribution is -2.23. The van der Waals surface area contributed by atoms with Crippen molar-refractivity contribution in [1.29, 1.82) is 0 Å². The Bertz CT molecular complexity index is 2530. The highest BCUT2D eigenvalue weighted by atomic mass is 15.1. The summed E-state index contributed by atoms with van der Waals surface area (Å²) in [4.78, 5) is 2.52. The maximum absolute atomic E-state index is 5.52. The summed E-state index contributed by atoms with van der Waals surface area (Å²) >= 11 is 0. The second kappa shape index (κ2) is 11.5. The fourth-order valence-electron chi connectivity index (χ4n) is 9.65. The number of para-hydroxylation sites is 1.